The summed E-state index contributed by atoms with van der Waals surface area (Å²) in [5.74, 6) is -1.30. The second-order valence-corrected chi connectivity index (χ2v) is 15.8. The van der Waals surface area contributed by atoms with Crippen molar-refractivity contribution in [3.05, 3.63) is 75.2 Å². The van der Waals surface area contributed by atoms with Crippen molar-refractivity contribution in [1.82, 2.24) is 29.7 Å². The molecule has 8 rings (SSSR count). The molecule has 308 valence electrons. The lowest BCUT2D eigenvalue weighted by Crippen LogP contribution is -2.55. The minimum atomic E-state index is -1.03. The summed E-state index contributed by atoms with van der Waals surface area (Å²) >= 11 is 6.54. The number of carbonyl (C=O) groups excluding carboxylic acids is 5. The summed E-state index contributed by atoms with van der Waals surface area (Å²) < 4.78 is 7.02. The highest BCUT2D eigenvalue weighted by Gasteiger charge is 2.46. The molecule has 2 aromatic carbocycles. The number of pyridine rings is 1. The van der Waals surface area contributed by atoms with Crippen LogP contribution in [0.2, 0.25) is 5.02 Å². The van der Waals surface area contributed by atoms with E-state index >= 15 is 0 Å². The Kier molecular flexibility index (Phi) is 10.8. The van der Waals surface area contributed by atoms with Crippen LogP contribution in [-0.4, -0.2) is 123 Å². The number of nitrogens with one attached hydrogen (secondary N) is 2. The van der Waals surface area contributed by atoms with E-state index in [4.69, 9.17) is 21.3 Å². The van der Waals surface area contributed by atoms with E-state index < -0.39 is 35.3 Å². The average molecular weight is 826 g/mol. The number of benzene rings is 2. The Morgan fingerprint density at radius 2 is 1.76 bits per heavy atom. The monoisotopic (exact) mass is 825 g/mol. The van der Waals surface area contributed by atoms with Crippen LogP contribution in [0.3, 0.4) is 0 Å². The van der Waals surface area contributed by atoms with E-state index in [0.717, 1.165) is 4.90 Å². The zero-order valence-corrected chi connectivity index (χ0v) is 33.5. The van der Waals surface area contributed by atoms with E-state index in [2.05, 4.69) is 25.4 Å². The average Bonchev–Trinajstić information content (AvgIpc) is 3.48. The van der Waals surface area contributed by atoms with Crippen LogP contribution >= 0.6 is 11.6 Å². The Labute approximate surface area is 343 Å². The number of halogens is 1. The molecule has 6 heterocycles. The zero-order chi connectivity index (χ0) is 41.6. The predicted molar refractivity (Wildman–Crippen MR) is 218 cm³/mol. The molecule has 0 bridgehead atoms. The Morgan fingerprint density at radius 1 is 1.00 bits per heavy atom. The van der Waals surface area contributed by atoms with Gasteiger partial charge < -0.3 is 29.5 Å². The Balaban J connectivity index is 0.876. The number of piperazine rings is 1. The minimum Gasteiger partial charge on any atom is -0.480 e. The third-order valence-electron chi connectivity index (χ3n) is 11.6. The maximum atomic E-state index is 13.7. The van der Waals surface area contributed by atoms with Crippen LogP contribution in [0.15, 0.2) is 53.5 Å². The SMILES string of the molecule is CCC(=O)COc1cc2cc(Nc3nc(N4CCC(O)(CN5CCN(c6cccc7c6C(=O)N(C6CCC(=O)NC6=O)C7=O)CC5)CC4)ncc3Cl)ccc2n(C)c1=O. The number of anilines is 4. The van der Waals surface area contributed by atoms with Crippen molar-refractivity contribution >= 4 is 75.1 Å². The lowest BCUT2D eigenvalue weighted by molar-refractivity contribution is -0.136. The number of aromatic nitrogens is 3. The van der Waals surface area contributed by atoms with E-state index in [0.29, 0.717) is 104 Å². The minimum absolute atomic E-state index is 0.0550. The van der Waals surface area contributed by atoms with Crippen molar-refractivity contribution in [2.45, 2.75) is 50.7 Å². The van der Waals surface area contributed by atoms with Gasteiger partial charge in [0.2, 0.25) is 17.8 Å². The summed E-state index contributed by atoms with van der Waals surface area (Å²) in [6.45, 7) is 5.44. The summed E-state index contributed by atoms with van der Waals surface area (Å²) in [7, 11) is 1.65. The van der Waals surface area contributed by atoms with Crippen molar-refractivity contribution < 1.29 is 33.8 Å². The molecule has 4 aromatic rings. The maximum Gasteiger partial charge on any atom is 0.293 e. The molecule has 4 aliphatic rings. The van der Waals surface area contributed by atoms with Gasteiger partial charge in [0.05, 0.1) is 34.1 Å². The highest BCUT2D eigenvalue weighted by atomic mass is 35.5. The molecule has 3 fully saturated rings. The lowest BCUT2D eigenvalue weighted by Gasteiger charge is -2.43. The molecule has 0 radical (unpaired) electrons. The van der Waals surface area contributed by atoms with Crippen LogP contribution in [0.1, 0.15) is 59.7 Å². The number of aryl methyl sites for hydroxylation is 1. The molecule has 3 saturated heterocycles. The molecule has 4 aliphatic heterocycles. The molecule has 59 heavy (non-hydrogen) atoms. The normalized spacial score (nSPS) is 19.6. The number of carbonyl (C=O) groups is 5. The van der Waals surface area contributed by atoms with Crippen molar-refractivity contribution in [1.29, 1.82) is 0 Å². The van der Waals surface area contributed by atoms with Gasteiger partial charge in [-0.05, 0) is 55.7 Å². The summed E-state index contributed by atoms with van der Waals surface area (Å²) in [5, 5.41) is 18.2. The number of amides is 4. The predicted octanol–water partition coefficient (Wildman–Crippen LogP) is 2.64. The number of rotatable bonds is 11. The smallest absolute Gasteiger partial charge is 0.293 e. The molecule has 1 atom stereocenters. The molecule has 3 N–H and O–H groups in total. The largest absolute Gasteiger partial charge is 0.480 e. The molecule has 0 aliphatic carbocycles. The quantitative estimate of drug-likeness (QED) is 0.187. The van der Waals surface area contributed by atoms with E-state index in [9.17, 15) is 33.9 Å². The number of fused-ring (bicyclic) bond motifs is 2. The topological polar surface area (TPSA) is 200 Å². The van der Waals surface area contributed by atoms with Crippen molar-refractivity contribution in [3.63, 3.8) is 0 Å². The number of hydrogen-bond acceptors (Lipinski definition) is 14. The Hall–Kier alpha value is -5.91. The van der Waals surface area contributed by atoms with Gasteiger partial charge in [0.1, 0.15) is 17.7 Å². The van der Waals surface area contributed by atoms with Gasteiger partial charge >= 0.3 is 0 Å². The van der Waals surface area contributed by atoms with Crippen molar-refractivity contribution in [3.8, 4) is 5.75 Å². The fraction of sp³-hybridized carbons (Fsp3) is 0.415. The van der Waals surface area contributed by atoms with Gasteiger partial charge in [-0.2, -0.15) is 4.98 Å². The van der Waals surface area contributed by atoms with Crippen LogP contribution in [0, 0.1) is 0 Å². The molecular weight excluding hydrogens is 782 g/mol. The van der Waals surface area contributed by atoms with Crippen LogP contribution in [0.4, 0.5) is 23.1 Å². The molecule has 0 saturated carbocycles. The summed E-state index contributed by atoms with van der Waals surface area (Å²) in [5.41, 5.74) is 1.22. The number of piperidine rings is 2. The molecule has 1 unspecified atom stereocenters. The summed E-state index contributed by atoms with van der Waals surface area (Å²) in [4.78, 5) is 92.4. The molecule has 18 heteroatoms. The molecule has 0 spiro atoms. The van der Waals surface area contributed by atoms with E-state index in [1.54, 1.807) is 38.2 Å². The van der Waals surface area contributed by atoms with Gasteiger partial charge in [-0.25, -0.2) is 4.98 Å². The zero-order valence-electron chi connectivity index (χ0n) is 32.7. The fourth-order valence-electron chi connectivity index (χ4n) is 8.23. The molecular formula is C41H44ClN9O8. The molecule has 2 aromatic heterocycles. The standard InChI is InChI=1S/C41H44ClN9O8/c1-3-26(52)22-59-32-20-24-19-25(7-8-29(24)47(2)38(32)56)44-35-28(42)21-43-40(46-35)50-13-11-41(58,12-14-50)23-48-15-17-49(18-16-48)30-6-4-5-27-34(30)39(57)51(37(27)55)31-9-10-33(53)45-36(31)54/h4-8,19-21,31,58H,3,9-18,22-23H2,1-2H3,(H,43,44,46)(H,45,53,54). The van der Waals surface area contributed by atoms with Gasteiger partial charge in [0.25, 0.3) is 17.4 Å². The van der Waals surface area contributed by atoms with Gasteiger partial charge in [-0.1, -0.05) is 24.6 Å². The first-order valence-electron chi connectivity index (χ1n) is 19.7. The molecule has 17 nitrogen and oxygen atoms in total. The van der Waals surface area contributed by atoms with E-state index in [1.807, 2.05) is 23.1 Å². The van der Waals surface area contributed by atoms with Gasteiger partial charge in [0.15, 0.2) is 17.4 Å². The van der Waals surface area contributed by atoms with Gasteiger partial charge in [-0.3, -0.25) is 43.9 Å². The first kappa shape index (κ1) is 39.9. The number of Topliss-reactive ketones (excluding diaryl/α,β-unsaturated/α-hetero) is 1. The van der Waals surface area contributed by atoms with Crippen molar-refractivity contribution in [2.24, 2.45) is 7.05 Å². The third-order valence-corrected chi connectivity index (χ3v) is 11.9. The first-order chi connectivity index (χ1) is 28.3. The van der Waals surface area contributed by atoms with Crippen LogP contribution < -0.4 is 30.7 Å². The number of β-amino-alcohol motifs (C(OH)–C–C–N with tert-alkyl or cyclic N) is 1. The number of imide groups is 2. The first-order valence-corrected chi connectivity index (χ1v) is 20.1. The van der Waals surface area contributed by atoms with Gasteiger partial charge in [0, 0.05) is 76.8 Å². The van der Waals surface area contributed by atoms with Gasteiger partial charge in [-0.15, -0.1) is 0 Å². The lowest BCUT2D eigenvalue weighted by atomic mass is 9.90. The van der Waals surface area contributed by atoms with Crippen molar-refractivity contribution in [2.75, 3.05) is 67.5 Å². The van der Waals surface area contributed by atoms with E-state index in [-0.39, 0.29) is 47.7 Å². The number of ether oxygens (including phenoxy) is 1. The van der Waals surface area contributed by atoms with Crippen LogP contribution in [0.25, 0.3) is 10.9 Å². The summed E-state index contributed by atoms with van der Waals surface area (Å²) in [6, 6.07) is 11.2. The fourth-order valence-corrected chi connectivity index (χ4v) is 8.37. The Morgan fingerprint density at radius 3 is 2.49 bits per heavy atom. The second kappa shape index (κ2) is 16.0. The number of aliphatic hydroxyl groups is 1. The highest BCUT2D eigenvalue weighted by molar-refractivity contribution is 6.33. The van der Waals surface area contributed by atoms with E-state index in [1.165, 1.54) is 10.8 Å². The second-order valence-electron chi connectivity index (χ2n) is 15.4. The maximum absolute atomic E-state index is 13.7. The molecule has 4 amide bonds. The third kappa shape index (κ3) is 7.84. The van der Waals surface area contributed by atoms with Crippen LogP contribution in [-0.2, 0) is 21.4 Å². The number of nitrogens with zero attached hydrogens (tertiary/aromatic N) is 7. The summed E-state index contributed by atoms with van der Waals surface area (Å²) in [6.07, 6.45) is 2.97. The Bertz CT molecular complexity index is 2440. The highest BCUT2D eigenvalue weighted by Crippen LogP contribution is 2.36. The number of hydrogen-bond donors (Lipinski definition) is 3. The number of ketones is 1. The van der Waals surface area contributed by atoms with Crippen LogP contribution in [0.5, 0.6) is 5.75 Å².